The van der Waals surface area contributed by atoms with Crippen LogP contribution >= 0.6 is 23.1 Å². The van der Waals surface area contributed by atoms with E-state index in [0.717, 1.165) is 16.8 Å². The third-order valence-corrected chi connectivity index (χ3v) is 6.59. The average molecular weight is 452 g/mol. The maximum Gasteiger partial charge on any atom is 0.272 e. The molecule has 0 aliphatic rings. The Balaban J connectivity index is 1.60. The maximum atomic E-state index is 13.2. The molecule has 0 fully saturated rings. The van der Waals surface area contributed by atoms with Gasteiger partial charge < -0.3 is 10.1 Å². The van der Waals surface area contributed by atoms with Crippen LogP contribution in [0.4, 0.5) is 5.69 Å². The minimum Gasteiger partial charge on any atom is -0.496 e. The number of amides is 1. The van der Waals surface area contributed by atoms with Gasteiger partial charge in [0.1, 0.15) is 10.4 Å². The maximum absolute atomic E-state index is 13.2. The van der Waals surface area contributed by atoms with Crippen molar-refractivity contribution in [1.82, 2.24) is 9.55 Å². The monoisotopic (exact) mass is 451 g/mol. The quantitative estimate of drug-likeness (QED) is 0.330. The predicted octanol–water partition coefficient (Wildman–Crippen LogP) is 4.55. The molecule has 158 valence electrons. The van der Waals surface area contributed by atoms with Gasteiger partial charge in [-0.05, 0) is 36.6 Å². The molecule has 2 aromatic heterocycles. The number of nitrogens with zero attached hydrogens (tertiary/aromatic N) is 2. The second-order valence-corrected chi connectivity index (χ2v) is 8.79. The van der Waals surface area contributed by atoms with Crippen molar-refractivity contribution in [3.63, 3.8) is 0 Å². The van der Waals surface area contributed by atoms with Crippen LogP contribution in [0.2, 0.25) is 0 Å². The Morgan fingerprint density at radius 3 is 2.71 bits per heavy atom. The van der Waals surface area contributed by atoms with Crippen molar-refractivity contribution >= 4 is 44.9 Å². The van der Waals surface area contributed by atoms with Crippen LogP contribution in [0.1, 0.15) is 11.1 Å². The normalized spacial score (nSPS) is 10.9. The summed E-state index contributed by atoms with van der Waals surface area (Å²) in [5, 5.41) is 5.23. The van der Waals surface area contributed by atoms with E-state index in [1.807, 2.05) is 66.9 Å². The fourth-order valence-electron chi connectivity index (χ4n) is 3.14. The van der Waals surface area contributed by atoms with E-state index < -0.39 is 0 Å². The molecule has 0 spiro atoms. The molecule has 0 saturated carbocycles. The Hall–Kier alpha value is -3.10. The lowest BCUT2D eigenvalue weighted by Gasteiger charge is -2.14. The van der Waals surface area contributed by atoms with E-state index in [1.165, 1.54) is 23.1 Å². The number of methoxy groups -OCH3 is 1. The number of thioether (sulfide) groups is 1. The summed E-state index contributed by atoms with van der Waals surface area (Å²) in [4.78, 5) is 30.3. The number of carbonyl (C=O) groups excluding carboxylic acids is 1. The molecule has 1 amide bonds. The van der Waals surface area contributed by atoms with Gasteiger partial charge in [0.25, 0.3) is 5.56 Å². The lowest BCUT2D eigenvalue weighted by Crippen LogP contribution is -2.24. The van der Waals surface area contributed by atoms with E-state index >= 15 is 0 Å². The van der Waals surface area contributed by atoms with Crippen molar-refractivity contribution in [3.05, 3.63) is 81.5 Å². The molecule has 31 heavy (non-hydrogen) atoms. The molecule has 1 N–H and O–H groups in total. The lowest BCUT2D eigenvalue weighted by molar-refractivity contribution is -0.113. The number of hydrogen-bond donors (Lipinski definition) is 1. The van der Waals surface area contributed by atoms with Crippen molar-refractivity contribution in [3.8, 4) is 5.75 Å². The van der Waals surface area contributed by atoms with Crippen LogP contribution in [0, 0.1) is 6.92 Å². The molecule has 2 aromatic carbocycles. The Morgan fingerprint density at radius 1 is 1.16 bits per heavy atom. The van der Waals surface area contributed by atoms with Crippen molar-refractivity contribution in [2.75, 3.05) is 18.2 Å². The summed E-state index contributed by atoms with van der Waals surface area (Å²) in [6.07, 6.45) is 0. The molecule has 0 saturated heterocycles. The number of hydrogen-bond acceptors (Lipinski definition) is 6. The van der Waals surface area contributed by atoms with E-state index in [-0.39, 0.29) is 17.2 Å². The number of thiophene rings is 1. The van der Waals surface area contributed by atoms with Gasteiger partial charge in [0.15, 0.2) is 5.16 Å². The molecule has 4 aromatic rings. The standard InChI is InChI=1S/C23H21N3O3S2/c1-15-7-9-17(10-8-15)24-20(27)14-31-23-25-18-11-12-30-21(18)22(28)26(23)13-16-5-3-4-6-19(16)29-2/h3-12H,13-14H2,1-2H3,(H,24,27). The molecule has 4 rings (SSSR count). The summed E-state index contributed by atoms with van der Waals surface area (Å²) in [6.45, 7) is 2.31. The van der Waals surface area contributed by atoms with Crippen molar-refractivity contribution < 1.29 is 9.53 Å². The Labute approximate surface area is 187 Å². The average Bonchev–Trinajstić information content (AvgIpc) is 3.25. The molecule has 0 bridgehead atoms. The SMILES string of the molecule is COc1ccccc1Cn1c(SCC(=O)Nc2ccc(C)cc2)nc2ccsc2c1=O. The van der Waals surface area contributed by atoms with Gasteiger partial charge >= 0.3 is 0 Å². The highest BCUT2D eigenvalue weighted by molar-refractivity contribution is 7.99. The van der Waals surface area contributed by atoms with Crippen molar-refractivity contribution in [2.24, 2.45) is 0 Å². The number of aryl methyl sites for hydroxylation is 1. The number of benzene rings is 2. The van der Waals surface area contributed by atoms with Crippen LogP contribution in [0.25, 0.3) is 10.2 Å². The fourth-order valence-corrected chi connectivity index (χ4v) is 4.72. The minimum absolute atomic E-state index is 0.118. The van der Waals surface area contributed by atoms with Crippen LogP contribution in [-0.2, 0) is 11.3 Å². The Kier molecular flexibility index (Phi) is 6.39. The largest absolute Gasteiger partial charge is 0.496 e. The smallest absolute Gasteiger partial charge is 0.272 e. The van der Waals surface area contributed by atoms with Gasteiger partial charge in [-0.3, -0.25) is 14.2 Å². The summed E-state index contributed by atoms with van der Waals surface area (Å²) >= 11 is 2.62. The van der Waals surface area contributed by atoms with Gasteiger partial charge in [-0.25, -0.2) is 4.98 Å². The molecule has 0 atom stereocenters. The van der Waals surface area contributed by atoms with Crippen LogP contribution in [-0.4, -0.2) is 28.3 Å². The highest BCUT2D eigenvalue weighted by atomic mass is 32.2. The van der Waals surface area contributed by atoms with E-state index in [0.29, 0.717) is 27.7 Å². The molecule has 6 nitrogen and oxygen atoms in total. The first-order chi connectivity index (χ1) is 15.0. The summed E-state index contributed by atoms with van der Waals surface area (Å²) in [6, 6.07) is 17.0. The highest BCUT2D eigenvalue weighted by Crippen LogP contribution is 2.24. The number of anilines is 1. The molecule has 8 heteroatoms. The Bertz CT molecular complexity index is 1280. The van der Waals surface area contributed by atoms with Crippen LogP contribution in [0.3, 0.4) is 0 Å². The molecule has 0 unspecified atom stereocenters. The Morgan fingerprint density at radius 2 is 1.94 bits per heavy atom. The van der Waals surface area contributed by atoms with Gasteiger partial charge in [-0.2, -0.15) is 0 Å². The van der Waals surface area contributed by atoms with Crippen molar-refractivity contribution in [2.45, 2.75) is 18.6 Å². The third-order valence-electron chi connectivity index (χ3n) is 4.72. The zero-order valence-electron chi connectivity index (χ0n) is 17.1. The molecule has 0 aliphatic heterocycles. The highest BCUT2D eigenvalue weighted by Gasteiger charge is 2.16. The number of ether oxygens (including phenoxy) is 1. The number of carbonyl (C=O) groups is 1. The summed E-state index contributed by atoms with van der Waals surface area (Å²) < 4.78 is 7.65. The molecule has 0 aliphatic carbocycles. The van der Waals surface area contributed by atoms with Crippen LogP contribution in [0.15, 0.2) is 69.9 Å². The van der Waals surface area contributed by atoms with Crippen molar-refractivity contribution in [1.29, 1.82) is 0 Å². The van der Waals surface area contributed by atoms with E-state index in [4.69, 9.17) is 4.74 Å². The summed E-state index contributed by atoms with van der Waals surface area (Å²) in [5.74, 6) is 0.688. The molecule has 2 heterocycles. The van der Waals surface area contributed by atoms with Gasteiger partial charge in [0, 0.05) is 11.3 Å². The number of aromatic nitrogens is 2. The predicted molar refractivity (Wildman–Crippen MR) is 127 cm³/mol. The van der Waals surface area contributed by atoms with Gasteiger partial charge in [-0.1, -0.05) is 47.7 Å². The topological polar surface area (TPSA) is 73.2 Å². The number of para-hydroxylation sites is 1. The molecular formula is C23H21N3O3S2. The first kappa shape index (κ1) is 21.1. The van der Waals surface area contributed by atoms with Gasteiger partial charge in [-0.15, -0.1) is 11.3 Å². The fraction of sp³-hybridized carbons (Fsp3) is 0.174. The zero-order valence-corrected chi connectivity index (χ0v) is 18.8. The summed E-state index contributed by atoms with van der Waals surface area (Å²) in [5.41, 5.74) is 3.26. The van der Waals surface area contributed by atoms with Crippen LogP contribution in [0.5, 0.6) is 5.75 Å². The van der Waals surface area contributed by atoms with E-state index in [2.05, 4.69) is 10.3 Å². The van der Waals surface area contributed by atoms with E-state index in [1.54, 1.807) is 11.7 Å². The molecular weight excluding hydrogens is 430 g/mol. The lowest BCUT2D eigenvalue weighted by atomic mass is 10.2. The number of nitrogens with one attached hydrogen (secondary N) is 1. The van der Waals surface area contributed by atoms with E-state index in [9.17, 15) is 9.59 Å². The summed E-state index contributed by atoms with van der Waals surface area (Å²) in [7, 11) is 1.60. The zero-order chi connectivity index (χ0) is 21.8. The first-order valence-electron chi connectivity index (χ1n) is 9.64. The molecule has 0 radical (unpaired) electrons. The van der Waals surface area contributed by atoms with Crippen LogP contribution < -0.4 is 15.6 Å². The minimum atomic E-state index is -0.155. The van der Waals surface area contributed by atoms with Gasteiger partial charge in [0.05, 0.1) is 24.9 Å². The number of rotatable bonds is 7. The third kappa shape index (κ3) is 4.81. The second kappa shape index (κ2) is 9.36. The first-order valence-corrected chi connectivity index (χ1v) is 11.5. The van der Waals surface area contributed by atoms with Gasteiger partial charge in [0.2, 0.25) is 5.91 Å². The number of fused-ring (bicyclic) bond motifs is 1. The second-order valence-electron chi connectivity index (χ2n) is 6.94.